The zero-order valence-electron chi connectivity index (χ0n) is 15.8. The third-order valence-electron chi connectivity index (χ3n) is 4.84. The minimum absolute atomic E-state index is 0.0833. The van der Waals surface area contributed by atoms with Gasteiger partial charge in [0.15, 0.2) is 16.6 Å². The number of amides is 1. The molecular formula is C19H26N2O4S. The quantitative estimate of drug-likeness (QED) is 0.536. The van der Waals surface area contributed by atoms with Crippen LogP contribution in [-0.4, -0.2) is 60.3 Å². The van der Waals surface area contributed by atoms with E-state index in [-0.39, 0.29) is 18.1 Å². The van der Waals surface area contributed by atoms with E-state index >= 15 is 0 Å². The molecule has 26 heavy (non-hydrogen) atoms. The molecule has 1 amide bonds. The Kier molecular flexibility index (Phi) is 5.67. The van der Waals surface area contributed by atoms with Crippen LogP contribution in [0.1, 0.15) is 31.4 Å². The fourth-order valence-corrected chi connectivity index (χ4v) is 3.88. The number of ether oxygens (including phenoxy) is 3. The molecule has 6 nitrogen and oxygen atoms in total. The van der Waals surface area contributed by atoms with Crippen LogP contribution in [0.25, 0.3) is 0 Å². The van der Waals surface area contributed by atoms with Gasteiger partial charge in [0.25, 0.3) is 5.91 Å². The average molecular weight is 378 g/mol. The van der Waals surface area contributed by atoms with E-state index in [1.54, 1.807) is 19.1 Å². The highest BCUT2D eigenvalue weighted by molar-refractivity contribution is 7.80. The lowest BCUT2D eigenvalue weighted by Crippen LogP contribution is -2.40. The summed E-state index contributed by atoms with van der Waals surface area (Å²) in [4.78, 5) is 16.6. The number of rotatable bonds is 7. The molecule has 1 atom stereocenters. The number of thiocarbonyl (C=S) groups is 1. The van der Waals surface area contributed by atoms with Gasteiger partial charge in [-0.1, -0.05) is 0 Å². The van der Waals surface area contributed by atoms with Crippen LogP contribution in [0.4, 0.5) is 0 Å². The maximum atomic E-state index is 12.9. The van der Waals surface area contributed by atoms with Crippen LogP contribution in [0.15, 0.2) is 12.1 Å². The van der Waals surface area contributed by atoms with Crippen molar-refractivity contribution in [3.8, 4) is 11.5 Å². The van der Waals surface area contributed by atoms with E-state index in [1.807, 2.05) is 30.9 Å². The lowest BCUT2D eigenvalue weighted by molar-refractivity contribution is -0.128. The Morgan fingerprint density at radius 3 is 2.46 bits per heavy atom. The zero-order valence-corrected chi connectivity index (χ0v) is 16.6. The molecular weight excluding hydrogens is 352 g/mol. The Morgan fingerprint density at radius 2 is 1.85 bits per heavy atom. The van der Waals surface area contributed by atoms with E-state index in [1.165, 1.54) is 0 Å². The molecule has 0 bridgehead atoms. The summed E-state index contributed by atoms with van der Waals surface area (Å²) >= 11 is 5.59. The fourth-order valence-electron chi connectivity index (χ4n) is 3.51. The first-order valence-electron chi connectivity index (χ1n) is 8.93. The maximum absolute atomic E-state index is 12.9. The van der Waals surface area contributed by atoms with Gasteiger partial charge in [-0.25, -0.2) is 0 Å². The summed E-state index contributed by atoms with van der Waals surface area (Å²) in [5.74, 6) is 1.47. The zero-order chi connectivity index (χ0) is 18.8. The molecule has 0 saturated carbocycles. The lowest BCUT2D eigenvalue weighted by Gasteiger charge is -2.31. The van der Waals surface area contributed by atoms with Crippen LogP contribution in [0, 0.1) is 0 Å². The Bertz CT molecular complexity index is 656. The van der Waals surface area contributed by atoms with Crippen LogP contribution in [0.2, 0.25) is 0 Å². The van der Waals surface area contributed by atoms with E-state index in [9.17, 15) is 4.79 Å². The molecule has 0 N–H and O–H groups in total. The van der Waals surface area contributed by atoms with Crippen LogP contribution in [0.3, 0.4) is 0 Å². The molecule has 1 aromatic carbocycles. The number of hydrogen-bond donors (Lipinski definition) is 0. The number of methoxy groups -OCH3 is 2. The standard InChI is InChI=1S/C19H26N2O4S/c1-12(2)25-7-5-6-20-18(22)15-8-13-9-16(23-3)17(24-4)10-14(13)11-21(15)19(20)26/h9-10,12,15H,5-8,11H2,1-4H3/t15-/m1/s1. The first-order chi connectivity index (χ1) is 12.5. The summed E-state index contributed by atoms with van der Waals surface area (Å²) in [5.41, 5.74) is 2.24. The van der Waals surface area contributed by atoms with Gasteiger partial charge in [-0.05, 0) is 55.7 Å². The molecule has 3 rings (SSSR count). The third-order valence-corrected chi connectivity index (χ3v) is 5.30. The summed E-state index contributed by atoms with van der Waals surface area (Å²) in [5, 5.41) is 0.616. The molecule has 0 aliphatic carbocycles. The molecule has 1 aromatic rings. The number of benzene rings is 1. The number of fused-ring (bicyclic) bond motifs is 2. The van der Waals surface area contributed by atoms with Gasteiger partial charge in [0.05, 0.1) is 20.3 Å². The normalized spacial score (nSPS) is 19.0. The van der Waals surface area contributed by atoms with E-state index < -0.39 is 0 Å². The van der Waals surface area contributed by atoms with Crippen LogP contribution in [0.5, 0.6) is 11.5 Å². The first-order valence-corrected chi connectivity index (χ1v) is 9.34. The van der Waals surface area contributed by atoms with Crippen molar-refractivity contribution in [1.82, 2.24) is 9.80 Å². The number of carbonyl (C=O) groups excluding carboxylic acids is 1. The second kappa shape index (κ2) is 7.80. The number of carbonyl (C=O) groups is 1. The number of nitrogens with zero attached hydrogens (tertiary/aromatic N) is 2. The molecule has 142 valence electrons. The van der Waals surface area contributed by atoms with Crippen molar-refractivity contribution >= 4 is 23.2 Å². The Hall–Kier alpha value is -1.86. The van der Waals surface area contributed by atoms with Gasteiger partial charge >= 0.3 is 0 Å². The maximum Gasteiger partial charge on any atom is 0.251 e. The van der Waals surface area contributed by atoms with Gasteiger partial charge in [0.2, 0.25) is 0 Å². The molecule has 2 heterocycles. The Morgan fingerprint density at radius 1 is 1.19 bits per heavy atom. The van der Waals surface area contributed by atoms with Gasteiger partial charge in [-0.15, -0.1) is 0 Å². The minimum atomic E-state index is -0.223. The molecule has 1 fully saturated rings. The van der Waals surface area contributed by atoms with Crippen LogP contribution >= 0.6 is 12.2 Å². The molecule has 0 spiro atoms. The molecule has 1 saturated heterocycles. The topological polar surface area (TPSA) is 51.2 Å². The van der Waals surface area contributed by atoms with E-state index in [0.29, 0.717) is 42.7 Å². The van der Waals surface area contributed by atoms with E-state index in [2.05, 4.69) is 0 Å². The van der Waals surface area contributed by atoms with Gasteiger partial charge < -0.3 is 19.1 Å². The SMILES string of the molecule is COc1cc2c(cc1OC)CN1C(=S)N(CCCOC(C)C)C(=O)[C@H]1C2. The predicted octanol–water partition coefficient (Wildman–Crippen LogP) is 2.37. The van der Waals surface area contributed by atoms with Crippen molar-refractivity contribution in [3.63, 3.8) is 0 Å². The van der Waals surface area contributed by atoms with E-state index in [4.69, 9.17) is 26.4 Å². The fraction of sp³-hybridized carbons (Fsp3) is 0.579. The average Bonchev–Trinajstić information content (AvgIpc) is 2.86. The summed E-state index contributed by atoms with van der Waals surface area (Å²) in [6.07, 6.45) is 1.61. The molecule has 2 aliphatic rings. The Balaban J connectivity index is 1.74. The highest BCUT2D eigenvalue weighted by Gasteiger charge is 2.44. The van der Waals surface area contributed by atoms with Crippen molar-refractivity contribution < 1.29 is 19.0 Å². The van der Waals surface area contributed by atoms with Gasteiger partial charge in [-0.3, -0.25) is 9.69 Å². The minimum Gasteiger partial charge on any atom is -0.493 e. The highest BCUT2D eigenvalue weighted by Crippen LogP contribution is 2.37. The van der Waals surface area contributed by atoms with Crippen molar-refractivity contribution in [3.05, 3.63) is 23.3 Å². The summed E-state index contributed by atoms with van der Waals surface area (Å²) in [6, 6.07) is 3.73. The summed E-state index contributed by atoms with van der Waals surface area (Å²) in [6.45, 7) is 5.85. The second-order valence-corrected chi connectivity index (χ2v) is 7.23. The lowest BCUT2D eigenvalue weighted by atomic mass is 9.94. The molecule has 0 radical (unpaired) electrons. The highest BCUT2D eigenvalue weighted by atomic mass is 32.1. The molecule has 7 heteroatoms. The van der Waals surface area contributed by atoms with Crippen molar-refractivity contribution in [1.29, 1.82) is 0 Å². The second-order valence-electron chi connectivity index (χ2n) is 6.87. The van der Waals surface area contributed by atoms with Crippen LogP contribution < -0.4 is 9.47 Å². The van der Waals surface area contributed by atoms with Gasteiger partial charge in [0, 0.05) is 26.1 Å². The molecule has 0 unspecified atom stereocenters. The molecule has 0 aromatic heterocycles. The number of hydrogen-bond acceptors (Lipinski definition) is 5. The largest absolute Gasteiger partial charge is 0.493 e. The summed E-state index contributed by atoms with van der Waals surface area (Å²) < 4.78 is 16.4. The predicted molar refractivity (Wildman–Crippen MR) is 103 cm³/mol. The summed E-state index contributed by atoms with van der Waals surface area (Å²) in [7, 11) is 3.25. The first kappa shape index (κ1) is 18.9. The van der Waals surface area contributed by atoms with Gasteiger partial charge in [0.1, 0.15) is 6.04 Å². The van der Waals surface area contributed by atoms with Crippen molar-refractivity contribution in [2.45, 2.75) is 45.4 Å². The van der Waals surface area contributed by atoms with Gasteiger partial charge in [-0.2, -0.15) is 0 Å². The van der Waals surface area contributed by atoms with Crippen LogP contribution in [-0.2, 0) is 22.5 Å². The third kappa shape index (κ3) is 3.50. The van der Waals surface area contributed by atoms with Crippen molar-refractivity contribution in [2.24, 2.45) is 0 Å². The monoisotopic (exact) mass is 378 g/mol. The van der Waals surface area contributed by atoms with E-state index in [0.717, 1.165) is 17.5 Å². The Labute approximate surface area is 160 Å². The smallest absolute Gasteiger partial charge is 0.251 e. The van der Waals surface area contributed by atoms with Crippen molar-refractivity contribution in [2.75, 3.05) is 27.4 Å². The molecule has 2 aliphatic heterocycles.